The van der Waals surface area contributed by atoms with Crippen LogP contribution in [-0.4, -0.2) is 24.5 Å². The summed E-state index contributed by atoms with van der Waals surface area (Å²) in [4.78, 5) is 22.8. The van der Waals surface area contributed by atoms with Gasteiger partial charge >= 0.3 is 11.9 Å². The number of fused-ring (bicyclic) bond motifs is 1. The minimum atomic E-state index is -0.771. The molecule has 0 radical (unpaired) electrons. The quantitative estimate of drug-likeness (QED) is 0.470. The normalized spacial score (nSPS) is 41.1. The third-order valence-electron chi connectivity index (χ3n) is 7.92. The predicted octanol–water partition coefficient (Wildman–Crippen LogP) is 5.30. The van der Waals surface area contributed by atoms with E-state index in [0.29, 0.717) is 18.3 Å². The number of carbonyl (C=O) groups is 2. The highest BCUT2D eigenvalue weighted by Gasteiger charge is 2.53. The number of hydrogen-bond donors (Lipinski definition) is 0. The lowest BCUT2D eigenvalue weighted by atomic mass is 9.46. The first-order valence-electron chi connectivity index (χ1n) is 10.9. The fourth-order valence-corrected chi connectivity index (χ4v) is 5.91. The Morgan fingerprint density at radius 3 is 2.55 bits per heavy atom. The van der Waals surface area contributed by atoms with E-state index in [1.165, 1.54) is 45.1 Å². The first-order chi connectivity index (χ1) is 13.6. The second-order valence-corrected chi connectivity index (χ2v) is 9.72. The Balaban J connectivity index is 1.83. The van der Waals surface area contributed by atoms with E-state index in [-0.39, 0.29) is 10.8 Å². The molecule has 0 aromatic carbocycles. The van der Waals surface area contributed by atoms with Gasteiger partial charge in [-0.25, -0.2) is 0 Å². The lowest BCUT2D eigenvalue weighted by Gasteiger charge is -2.58. The zero-order valence-electron chi connectivity index (χ0n) is 18.6. The summed E-state index contributed by atoms with van der Waals surface area (Å²) in [6.45, 7) is 14.3. The Morgan fingerprint density at radius 1 is 1.21 bits per heavy atom. The summed E-state index contributed by atoms with van der Waals surface area (Å²) in [6.07, 6.45) is 8.06. The van der Waals surface area contributed by atoms with Crippen LogP contribution in [0.15, 0.2) is 23.8 Å². The van der Waals surface area contributed by atoms with Crippen LogP contribution < -0.4 is 0 Å². The first kappa shape index (κ1) is 22.1. The Labute approximate surface area is 174 Å². The topological polar surface area (TPSA) is 61.8 Å². The largest absolute Gasteiger partial charge is 0.435 e. The highest BCUT2D eigenvalue weighted by Crippen LogP contribution is 2.62. The van der Waals surface area contributed by atoms with Crippen molar-refractivity contribution >= 4 is 11.9 Å². The third-order valence-corrected chi connectivity index (χ3v) is 7.92. The van der Waals surface area contributed by atoms with Crippen LogP contribution >= 0.6 is 0 Å². The molecule has 29 heavy (non-hydrogen) atoms. The van der Waals surface area contributed by atoms with Gasteiger partial charge < -0.3 is 9.47 Å². The molecule has 0 spiro atoms. The van der Waals surface area contributed by atoms with Gasteiger partial charge in [-0.1, -0.05) is 39.0 Å². The van der Waals surface area contributed by atoms with Crippen LogP contribution in [0.4, 0.5) is 0 Å². The average Bonchev–Trinajstić information content (AvgIpc) is 2.98. The van der Waals surface area contributed by atoms with Gasteiger partial charge in [-0.05, 0) is 61.2 Å². The predicted molar refractivity (Wildman–Crippen MR) is 111 cm³/mol. The number of rotatable bonds is 4. The molecule has 3 aliphatic rings. The molecule has 6 unspecified atom stereocenters. The Morgan fingerprint density at radius 2 is 1.90 bits per heavy atom. The molecule has 162 valence electrons. The molecule has 5 heteroatoms. The molecule has 0 aromatic rings. The van der Waals surface area contributed by atoms with Crippen molar-refractivity contribution in [2.24, 2.45) is 22.7 Å². The molecule has 3 fully saturated rings. The number of hydrogen-bond acceptors (Lipinski definition) is 5. The maximum atomic E-state index is 11.5. The van der Waals surface area contributed by atoms with Crippen LogP contribution in [-0.2, 0) is 23.8 Å². The molecule has 0 aromatic heterocycles. The Kier molecular flexibility index (Phi) is 6.28. The van der Waals surface area contributed by atoms with Gasteiger partial charge in [-0.15, -0.1) is 0 Å². The van der Waals surface area contributed by atoms with Gasteiger partial charge in [0.05, 0.1) is 0 Å². The number of allylic oxidation sites excluding steroid dienone is 2. The second-order valence-electron chi connectivity index (χ2n) is 9.72. The number of esters is 2. The van der Waals surface area contributed by atoms with Crippen molar-refractivity contribution in [3.63, 3.8) is 0 Å². The van der Waals surface area contributed by atoms with Crippen LogP contribution in [0.3, 0.4) is 0 Å². The van der Waals surface area contributed by atoms with Gasteiger partial charge in [0.25, 0.3) is 0 Å². The van der Waals surface area contributed by atoms with Gasteiger partial charge in [0.2, 0.25) is 12.6 Å². The Hall–Kier alpha value is -1.62. The summed E-state index contributed by atoms with van der Waals surface area (Å²) in [5.41, 5.74) is 2.65. The van der Waals surface area contributed by atoms with Crippen molar-refractivity contribution in [3.05, 3.63) is 23.8 Å². The summed E-state index contributed by atoms with van der Waals surface area (Å²) in [6, 6.07) is 0. The van der Waals surface area contributed by atoms with Crippen molar-refractivity contribution in [3.8, 4) is 0 Å². The lowest BCUT2D eigenvalue weighted by molar-refractivity contribution is -0.204. The van der Waals surface area contributed by atoms with Gasteiger partial charge in [-0.3, -0.25) is 14.3 Å². The summed E-state index contributed by atoms with van der Waals surface area (Å²) < 4.78 is 16.2. The molecular formula is C24H36O5. The minimum Gasteiger partial charge on any atom is -0.435 e. The second kappa shape index (κ2) is 8.25. The van der Waals surface area contributed by atoms with Crippen molar-refractivity contribution in [2.45, 2.75) is 92.1 Å². The maximum Gasteiger partial charge on any atom is 0.305 e. The standard InChI is InChI=1S/C24H36O5/c1-15-8-7-9-20-23(15,5)12-10-16(2)24(20,6)13-11-19-14-21(27-17(3)25)29-22(19)28-18(4)26/h11,16,20-22H,1,7-10,12-14H2,2-6H3/b19-11-. The molecule has 0 bridgehead atoms. The molecule has 1 aliphatic heterocycles. The highest BCUT2D eigenvalue weighted by molar-refractivity contribution is 5.67. The lowest BCUT2D eigenvalue weighted by Crippen LogP contribution is -2.50. The van der Waals surface area contributed by atoms with Gasteiger partial charge in [0.1, 0.15) is 0 Å². The van der Waals surface area contributed by atoms with Crippen molar-refractivity contribution < 1.29 is 23.8 Å². The summed E-state index contributed by atoms with van der Waals surface area (Å²) >= 11 is 0. The van der Waals surface area contributed by atoms with E-state index in [1.807, 2.05) is 0 Å². The van der Waals surface area contributed by atoms with E-state index in [4.69, 9.17) is 14.2 Å². The van der Waals surface area contributed by atoms with Gasteiger partial charge in [0, 0.05) is 25.8 Å². The summed E-state index contributed by atoms with van der Waals surface area (Å²) in [5, 5.41) is 0. The molecule has 5 nitrogen and oxygen atoms in total. The fourth-order valence-electron chi connectivity index (χ4n) is 5.91. The molecule has 3 rings (SSSR count). The highest BCUT2D eigenvalue weighted by atomic mass is 16.8. The SMILES string of the molecule is C=C1CCCC2C1(C)CCC(C)C2(C)C/C=C1/CC(OC(C)=O)OC1OC(C)=O. The van der Waals surface area contributed by atoms with Crippen LogP contribution in [0.5, 0.6) is 0 Å². The smallest absolute Gasteiger partial charge is 0.305 e. The Bertz CT molecular complexity index is 710. The zero-order chi connectivity index (χ0) is 21.4. The van der Waals surface area contributed by atoms with E-state index in [2.05, 4.69) is 33.4 Å². The molecule has 2 saturated carbocycles. The fraction of sp³-hybridized carbons (Fsp3) is 0.750. The molecular weight excluding hydrogens is 368 g/mol. The molecule has 1 heterocycles. The summed E-state index contributed by atoms with van der Waals surface area (Å²) in [5.74, 6) is 0.387. The van der Waals surface area contributed by atoms with E-state index in [9.17, 15) is 9.59 Å². The third kappa shape index (κ3) is 4.30. The summed E-state index contributed by atoms with van der Waals surface area (Å²) in [7, 11) is 0. The zero-order valence-corrected chi connectivity index (χ0v) is 18.6. The van der Waals surface area contributed by atoms with Crippen LogP contribution in [0.25, 0.3) is 0 Å². The van der Waals surface area contributed by atoms with E-state index >= 15 is 0 Å². The van der Waals surface area contributed by atoms with E-state index < -0.39 is 24.5 Å². The van der Waals surface area contributed by atoms with Crippen LogP contribution in [0.2, 0.25) is 0 Å². The average molecular weight is 405 g/mol. The van der Waals surface area contributed by atoms with Crippen molar-refractivity contribution in [2.75, 3.05) is 0 Å². The number of ether oxygens (including phenoxy) is 3. The van der Waals surface area contributed by atoms with Crippen molar-refractivity contribution in [1.29, 1.82) is 0 Å². The van der Waals surface area contributed by atoms with Crippen LogP contribution in [0, 0.1) is 22.7 Å². The van der Waals surface area contributed by atoms with Crippen molar-refractivity contribution in [1.82, 2.24) is 0 Å². The number of carbonyl (C=O) groups excluding carboxylic acids is 2. The molecule has 1 saturated heterocycles. The molecule has 2 aliphatic carbocycles. The maximum absolute atomic E-state index is 11.5. The van der Waals surface area contributed by atoms with Gasteiger partial charge in [0.15, 0.2) is 0 Å². The molecule has 0 N–H and O–H groups in total. The molecule has 6 atom stereocenters. The van der Waals surface area contributed by atoms with E-state index in [1.54, 1.807) is 0 Å². The minimum absolute atomic E-state index is 0.143. The van der Waals surface area contributed by atoms with Crippen LogP contribution in [0.1, 0.15) is 79.6 Å². The first-order valence-corrected chi connectivity index (χ1v) is 10.9. The van der Waals surface area contributed by atoms with Gasteiger partial charge in [-0.2, -0.15) is 0 Å². The monoisotopic (exact) mass is 404 g/mol. The van der Waals surface area contributed by atoms with E-state index in [0.717, 1.165) is 18.4 Å². The molecule has 0 amide bonds.